The molecule has 0 rings (SSSR count). The fraction of sp³-hybridized carbons (Fsp3) is 1.00. The Morgan fingerprint density at radius 2 is 1.15 bits per heavy atom. The van der Waals surface area contributed by atoms with Gasteiger partial charge < -0.3 is 10.2 Å². The van der Waals surface area contributed by atoms with Crippen LogP contribution in [-0.4, -0.2) is 48.4 Å². The summed E-state index contributed by atoms with van der Waals surface area (Å²) in [7, 11) is 0. The highest BCUT2D eigenvalue weighted by Crippen LogP contribution is 2.10. The van der Waals surface area contributed by atoms with Gasteiger partial charge in [-0.1, -0.05) is 63.5 Å². The zero-order chi connectivity index (χ0) is 14.9. The van der Waals surface area contributed by atoms with Crippen molar-refractivity contribution in [2.45, 2.75) is 64.7 Å². The van der Waals surface area contributed by atoms with Crippen LogP contribution in [0, 0.1) is 0 Å². The summed E-state index contributed by atoms with van der Waals surface area (Å²) >= 11 is 0. The second-order valence-electron chi connectivity index (χ2n) is 5.00. The van der Waals surface area contributed by atoms with Crippen LogP contribution < -0.4 is 0 Å². The zero-order valence-corrected chi connectivity index (χ0v) is 13.1. The third-order valence-electron chi connectivity index (χ3n) is 3.10. The predicted molar refractivity (Wildman–Crippen MR) is 80.0 cm³/mol. The molecule has 122 valence electrons. The standard InChI is InChI=1S/C15H33NO4/c1-2-3-4-5-6-7-8-9-10-11-16(19-14-12-17)20-15-13-18/h17-18H,2-15H2,1H3. The Bertz CT molecular complexity index is 173. The van der Waals surface area contributed by atoms with E-state index in [2.05, 4.69) is 6.92 Å². The quantitative estimate of drug-likeness (QED) is 0.338. The molecule has 0 fully saturated rings. The first-order valence-corrected chi connectivity index (χ1v) is 8.10. The molecular weight excluding hydrogens is 258 g/mol. The molecule has 0 heterocycles. The molecule has 5 heteroatoms. The molecule has 0 aliphatic rings. The van der Waals surface area contributed by atoms with Crippen LogP contribution in [0.1, 0.15) is 64.7 Å². The summed E-state index contributed by atoms with van der Waals surface area (Å²) < 4.78 is 0. The van der Waals surface area contributed by atoms with Crippen molar-refractivity contribution in [3.8, 4) is 0 Å². The molecule has 2 N–H and O–H groups in total. The highest BCUT2D eigenvalue weighted by atomic mass is 16.9. The molecule has 0 aromatic heterocycles. The maximum absolute atomic E-state index is 8.71. The first kappa shape index (κ1) is 19.8. The summed E-state index contributed by atoms with van der Waals surface area (Å²) in [5, 5.41) is 18.8. The van der Waals surface area contributed by atoms with Crippen molar-refractivity contribution in [2.75, 3.05) is 33.0 Å². The third kappa shape index (κ3) is 14.2. The van der Waals surface area contributed by atoms with Gasteiger partial charge >= 0.3 is 0 Å². The number of aliphatic hydroxyl groups excluding tert-OH is 2. The van der Waals surface area contributed by atoms with Crippen molar-refractivity contribution in [2.24, 2.45) is 0 Å². The molecule has 0 saturated carbocycles. The number of rotatable bonds is 16. The molecule has 0 spiro atoms. The Morgan fingerprint density at radius 1 is 0.700 bits per heavy atom. The predicted octanol–water partition coefficient (Wildman–Crippen LogP) is 2.67. The molecule has 0 aliphatic carbocycles. The van der Waals surface area contributed by atoms with E-state index in [1.54, 1.807) is 0 Å². The van der Waals surface area contributed by atoms with Crippen LogP contribution in [0.4, 0.5) is 0 Å². The van der Waals surface area contributed by atoms with Crippen LogP contribution in [0.25, 0.3) is 0 Å². The lowest BCUT2D eigenvalue weighted by Gasteiger charge is -2.20. The number of hydroxylamine groups is 2. The Hall–Kier alpha value is -0.200. The van der Waals surface area contributed by atoms with E-state index < -0.39 is 0 Å². The molecule has 0 aromatic carbocycles. The van der Waals surface area contributed by atoms with Crippen molar-refractivity contribution in [1.82, 2.24) is 5.23 Å². The summed E-state index contributed by atoms with van der Waals surface area (Å²) in [6.07, 6.45) is 11.5. The van der Waals surface area contributed by atoms with Gasteiger partial charge in [-0.25, -0.2) is 0 Å². The normalized spacial score (nSPS) is 11.4. The van der Waals surface area contributed by atoms with Gasteiger partial charge in [-0.15, -0.1) is 0 Å². The molecule has 0 aromatic rings. The van der Waals surface area contributed by atoms with E-state index in [1.165, 1.54) is 50.2 Å². The third-order valence-corrected chi connectivity index (χ3v) is 3.10. The minimum Gasteiger partial charge on any atom is -0.394 e. The molecule has 0 amide bonds. The second kappa shape index (κ2) is 16.9. The maximum atomic E-state index is 8.71. The van der Waals surface area contributed by atoms with Crippen LogP contribution in [-0.2, 0) is 9.68 Å². The van der Waals surface area contributed by atoms with Crippen LogP contribution >= 0.6 is 0 Å². The summed E-state index contributed by atoms with van der Waals surface area (Å²) in [6.45, 7) is 3.30. The number of unbranched alkanes of at least 4 members (excludes halogenated alkanes) is 8. The van der Waals surface area contributed by atoms with Crippen LogP contribution in [0.15, 0.2) is 0 Å². The highest BCUT2D eigenvalue weighted by Gasteiger charge is 2.05. The smallest absolute Gasteiger partial charge is 0.0942 e. The Morgan fingerprint density at radius 3 is 1.60 bits per heavy atom. The summed E-state index contributed by atoms with van der Waals surface area (Å²) in [5.74, 6) is 0. The zero-order valence-electron chi connectivity index (χ0n) is 13.1. The molecule has 0 saturated heterocycles. The van der Waals surface area contributed by atoms with Gasteiger partial charge in [-0.05, 0) is 6.42 Å². The van der Waals surface area contributed by atoms with E-state index in [0.717, 1.165) is 12.8 Å². The number of hydrogen-bond donors (Lipinski definition) is 2. The number of nitrogens with zero attached hydrogens (tertiary/aromatic N) is 1. The lowest BCUT2D eigenvalue weighted by Crippen LogP contribution is -2.28. The van der Waals surface area contributed by atoms with E-state index in [0.29, 0.717) is 6.54 Å². The monoisotopic (exact) mass is 291 g/mol. The van der Waals surface area contributed by atoms with E-state index in [-0.39, 0.29) is 26.4 Å². The van der Waals surface area contributed by atoms with Gasteiger partial charge in [-0.2, -0.15) is 0 Å². The van der Waals surface area contributed by atoms with Crippen molar-refractivity contribution in [3.63, 3.8) is 0 Å². The molecular formula is C15H33NO4. The van der Waals surface area contributed by atoms with Crippen molar-refractivity contribution < 1.29 is 19.9 Å². The highest BCUT2D eigenvalue weighted by molar-refractivity contribution is 4.47. The van der Waals surface area contributed by atoms with Crippen molar-refractivity contribution >= 4 is 0 Å². The minimum atomic E-state index is -0.0310. The van der Waals surface area contributed by atoms with Crippen molar-refractivity contribution in [1.29, 1.82) is 0 Å². The molecule has 0 unspecified atom stereocenters. The van der Waals surface area contributed by atoms with Gasteiger partial charge in [-0.3, -0.25) is 9.68 Å². The van der Waals surface area contributed by atoms with Crippen LogP contribution in [0.3, 0.4) is 0 Å². The SMILES string of the molecule is CCCCCCCCCCCN(OCCO)OCCO. The average Bonchev–Trinajstić information content (AvgIpc) is 2.47. The molecule has 5 nitrogen and oxygen atoms in total. The number of hydrogen-bond acceptors (Lipinski definition) is 5. The summed E-state index contributed by atoms with van der Waals surface area (Å²) in [5.41, 5.74) is 0. The fourth-order valence-electron chi connectivity index (χ4n) is 2.00. The average molecular weight is 291 g/mol. The van der Waals surface area contributed by atoms with E-state index in [1.807, 2.05) is 0 Å². The minimum absolute atomic E-state index is 0.0310. The van der Waals surface area contributed by atoms with E-state index in [9.17, 15) is 0 Å². The first-order valence-electron chi connectivity index (χ1n) is 8.10. The van der Waals surface area contributed by atoms with Gasteiger partial charge in [0.1, 0.15) is 0 Å². The van der Waals surface area contributed by atoms with Gasteiger partial charge in [0.15, 0.2) is 0 Å². The fourth-order valence-corrected chi connectivity index (χ4v) is 2.00. The largest absolute Gasteiger partial charge is 0.394 e. The van der Waals surface area contributed by atoms with E-state index in [4.69, 9.17) is 19.9 Å². The van der Waals surface area contributed by atoms with Crippen LogP contribution in [0.2, 0.25) is 0 Å². The maximum Gasteiger partial charge on any atom is 0.0942 e. The van der Waals surface area contributed by atoms with Gasteiger partial charge in [0.2, 0.25) is 0 Å². The van der Waals surface area contributed by atoms with Crippen molar-refractivity contribution in [3.05, 3.63) is 0 Å². The summed E-state index contributed by atoms with van der Waals surface area (Å²) in [6, 6.07) is 0. The Labute approximate surface area is 123 Å². The Balaban J connectivity index is 3.38. The van der Waals surface area contributed by atoms with E-state index >= 15 is 0 Å². The lowest BCUT2D eigenvalue weighted by molar-refractivity contribution is -0.371. The second-order valence-corrected chi connectivity index (χ2v) is 5.00. The summed E-state index contributed by atoms with van der Waals surface area (Å²) in [4.78, 5) is 10.4. The van der Waals surface area contributed by atoms with Crippen LogP contribution in [0.5, 0.6) is 0 Å². The van der Waals surface area contributed by atoms with Gasteiger partial charge in [0.25, 0.3) is 0 Å². The van der Waals surface area contributed by atoms with Gasteiger partial charge in [0.05, 0.1) is 33.0 Å². The number of aliphatic hydroxyl groups is 2. The molecule has 0 aliphatic heterocycles. The first-order chi connectivity index (χ1) is 9.85. The molecule has 0 radical (unpaired) electrons. The van der Waals surface area contributed by atoms with Gasteiger partial charge in [0, 0.05) is 0 Å². The molecule has 0 atom stereocenters. The molecule has 20 heavy (non-hydrogen) atoms. The Kier molecular flexibility index (Phi) is 16.7. The lowest BCUT2D eigenvalue weighted by atomic mass is 10.1. The molecule has 0 bridgehead atoms. The topological polar surface area (TPSA) is 62.2 Å².